The fourth-order valence-corrected chi connectivity index (χ4v) is 4.80. The van der Waals surface area contributed by atoms with Crippen LogP contribution >= 0.6 is 34.7 Å². The number of anilines is 1. The van der Waals surface area contributed by atoms with Gasteiger partial charge in [0.25, 0.3) is 0 Å². The average molecular weight is 464 g/mol. The number of hydrogen-bond acceptors (Lipinski definition) is 8. The first-order valence-electron chi connectivity index (χ1n) is 9.07. The Labute approximate surface area is 185 Å². The summed E-state index contributed by atoms with van der Waals surface area (Å²) >= 11 is 8.71. The van der Waals surface area contributed by atoms with Crippen LogP contribution in [0.2, 0.25) is 5.02 Å². The van der Waals surface area contributed by atoms with E-state index >= 15 is 0 Å². The Morgan fingerprint density at radius 1 is 1.33 bits per heavy atom. The van der Waals surface area contributed by atoms with Crippen molar-refractivity contribution in [2.24, 2.45) is 0 Å². The molecule has 1 fully saturated rings. The van der Waals surface area contributed by atoms with Gasteiger partial charge in [-0.25, -0.2) is 9.47 Å². The van der Waals surface area contributed by atoms with E-state index < -0.39 is 5.97 Å². The lowest BCUT2D eigenvalue weighted by Crippen LogP contribution is -2.18. The molecule has 4 rings (SSSR count). The van der Waals surface area contributed by atoms with E-state index in [9.17, 15) is 9.59 Å². The Hall–Kier alpha value is -2.56. The van der Waals surface area contributed by atoms with Crippen LogP contribution in [0.1, 0.15) is 34.9 Å². The molecule has 0 saturated heterocycles. The van der Waals surface area contributed by atoms with Crippen molar-refractivity contribution in [3.63, 3.8) is 0 Å². The van der Waals surface area contributed by atoms with Crippen LogP contribution in [-0.2, 0) is 9.53 Å². The van der Waals surface area contributed by atoms with Gasteiger partial charge in [0, 0.05) is 27.4 Å². The topological polar surface area (TPSA) is 112 Å². The van der Waals surface area contributed by atoms with Gasteiger partial charge in [0.05, 0.1) is 12.9 Å². The maximum atomic E-state index is 12.5. The summed E-state index contributed by atoms with van der Waals surface area (Å²) in [5.74, 6) is 6.34. The van der Waals surface area contributed by atoms with E-state index in [0.29, 0.717) is 32.2 Å². The molecule has 0 radical (unpaired) electrons. The Bertz CT molecular complexity index is 1110. The molecular weight excluding hydrogens is 446 g/mol. The van der Waals surface area contributed by atoms with Crippen LogP contribution in [0.4, 0.5) is 5.00 Å². The molecule has 0 spiro atoms. The first kappa shape index (κ1) is 20.7. The number of nitrogen functional groups attached to an aromatic ring is 1. The van der Waals surface area contributed by atoms with Gasteiger partial charge in [-0.1, -0.05) is 41.6 Å². The zero-order valence-electron chi connectivity index (χ0n) is 15.9. The lowest BCUT2D eigenvalue weighted by Gasteiger charge is -2.08. The van der Waals surface area contributed by atoms with Crippen LogP contribution in [0.15, 0.2) is 34.8 Å². The van der Waals surface area contributed by atoms with E-state index in [0.717, 1.165) is 18.7 Å². The highest BCUT2D eigenvalue weighted by atomic mass is 35.5. The molecule has 1 saturated carbocycles. The number of benzene rings is 1. The number of nitrogens with zero attached hydrogens (tertiary/aromatic N) is 3. The number of aromatic nitrogens is 3. The van der Waals surface area contributed by atoms with Gasteiger partial charge in [-0.2, -0.15) is 0 Å². The number of hydrogen-bond donors (Lipinski definition) is 2. The predicted octanol–water partition coefficient (Wildman–Crippen LogP) is 3.77. The third kappa shape index (κ3) is 4.16. The Morgan fingerprint density at radius 2 is 2.10 bits per heavy atom. The summed E-state index contributed by atoms with van der Waals surface area (Å²) < 4.78 is 6.37. The molecule has 156 valence electrons. The number of esters is 1. The summed E-state index contributed by atoms with van der Waals surface area (Å²) in [7, 11) is 1.29. The number of rotatable bonds is 7. The van der Waals surface area contributed by atoms with E-state index in [-0.39, 0.29) is 17.2 Å². The predicted molar refractivity (Wildman–Crippen MR) is 118 cm³/mol. The second-order valence-electron chi connectivity index (χ2n) is 6.65. The number of thiophene rings is 1. The molecule has 2 heterocycles. The zero-order chi connectivity index (χ0) is 21.3. The van der Waals surface area contributed by atoms with Crippen LogP contribution in [0, 0.1) is 0 Å². The number of ether oxygens (including phenoxy) is 1. The first-order chi connectivity index (χ1) is 14.5. The molecular formula is C19H18ClN5O3S2. The van der Waals surface area contributed by atoms with Gasteiger partial charge in [-0.15, -0.1) is 21.5 Å². The molecule has 1 amide bonds. The molecule has 11 heteroatoms. The highest BCUT2D eigenvalue weighted by Gasteiger charge is 2.30. The number of halogens is 1. The van der Waals surface area contributed by atoms with E-state index in [1.165, 1.54) is 34.9 Å². The number of methoxy groups -OCH3 is 1. The molecule has 3 N–H and O–H groups in total. The fraction of sp³-hybridized carbons (Fsp3) is 0.263. The summed E-state index contributed by atoms with van der Waals surface area (Å²) in [4.78, 5) is 24.9. The minimum atomic E-state index is -0.551. The standard InChI is InChI=1S/C19H18ClN5O3S2/c1-28-18(27)15-12(11-4-2-3-5-13(11)20)8-29-17(15)22-14(26)9-30-19-24-23-16(25(19)21)10-6-7-10/h2-5,8,10H,6-7,9,21H2,1H3,(H,22,26). The van der Waals surface area contributed by atoms with Gasteiger partial charge in [0.2, 0.25) is 11.1 Å². The smallest absolute Gasteiger partial charge is 0.341 e. The third-order valence-electron chi connectivity index (χ3n) is 4.56. The molecule has 0 atom stereocenters. The van der Waals surface area contributed by atoms with Crippen LogP contribution in [0.25, 0.3) is 11.1 Å². The molecule has 2 aromatic heterocycles. The monoisotopic (exact) mass is 463 g/mol. The quantitative estimate of drug-likeness (QED) is 0.311. The van der Waals surface area contributed by atoms with Crippen LogP contribution in [0.5, 0.6) is 0 Å². The highest BCUT2D eigenvalue weighted by molar-refractivity contribution is 7.99. The number of carbonyl (C=O) groups excluding carboxylic acids is 2. The van der Waals surface area contributed by atoms with E-state index in [4.69, 9.17) is 22.2 Å². The summed E-state index contributed by atoms with van der Waals surface area (Å²) in [5, 5.41) is 14.1. The lowest BCUT2D eigenvalue weighted by molar-refractivity contribution is -0.113. The van der Waals surface area contributed by atoms with E-state index in [1.54, 1.807) is 17.5 Å². The Morgan fingerprint density at radius 3 is 2.80 bits per heavy atom. The van der Waals surface area contributed by atoms with Gasteiger partial charge < -0.3 is 15.9 Å². The van der Waals surface area contributed by atoms with Crippen molar-refractivity contribution in [1.82, 2.24) is 14.9 Å². The third-order valence-corrected chi connectivity index (χ3v) is 6.73. The van der Waals surface area contributed by atoms with Crippen LogP contribution in [0.3, 0.4) is 0 Å². The summed E-state index contributed by atoms with van der Waals surface area (Å²) in [5.41, 5.74) is 1.57. The van der Waals surface area contributed by atoms with E-state index in [2.05, 4.69) is 15.5 Å². The molecule has 8 nitrogen and oxygen atoms in total. The summed E-state index contributed by atoms with van der Waals surface area (Å²) in [6, 6.07) is 7.18. The second kappa shape index (κ2) is 8.66. The Kier molecular flexibility index (Phi) is 5.98. The molecule has 0 unspecified atom stereocenters. The van der Waals surface area contributed by atoms with Crippen molar-refractivity contribution in [3.05, 3.63) is 46.1 Å². The average Bonchev–Trinajstić information content (AvgIpc) is 3.40. The maximum Gasteiger partial charge on any atom is 0.341 e. The van der Waals surface area contributed by atoms with Crippen LogP contribution in [-0.4, -0.2) is 39.6 Å². The van der Waals surface area contributed by atoms with Crippen molar-refractivity contribution >= 4 is 51.6 Å². The molecule has 1 aliphatic carbocycles. The van der Waals surface area contributed by atoms with Crippen molar-refractivity contribution in [2.75, 3.05) is 24.0 Å². The van der Waals surface area contributed by atoms with Crippen molar-refractivity contribution in [1.29, 1.82) is 0 Å². The van der Waals surface area contributed by atoms with Crippen molar-refractivity contribution in [3.8, 4) is 11.1 Å². The highest BCUT2D eigenvalue weighted by Crippen LogP contribution is 2.40. The maximum absolute atomic E-state index is 12.5. The summed E-state index contributed by atoms with van der Waals surface area (Å²) in [6.45, 7) is 0. The number of carbonyl (C=O) groups is 2. The van der Waals surface area contributed by atoms with Crippen molar-refractivity contribution < 1.29 is 14.3 Å². The number of thioether (sulfide) groups is 1. The SMILES string of the molecule is COC(=O)c1c(-c2ccccc2Cl)csc1NC(=O)CSc1nnc(C2CC2)n1N. The normalized spacial score (nSPS) is 13.3. The number of nitrogens with two attached hydrogens (primary N) is 1. The molecule has 3 aromatic rings. The minimum Gasteiger partial charge on any atom is -0.465 e. The number of amides is 1. The van der Waals surface area contributed by atoms with Gasteiger partial charge in [0.15, 0.2) is 5.82 Å². The van der Waals surface area contributed by atoms with Gasteiger partial charge in [-0.05, 0) is 18.9 Å². The summed E-state index contributed by atoms with van der Waals surface area (Å²) in [6.07, 6.45) is 2.12. The zero-order valence-corrected chi connectivity index (χ0v) is 18.3. The largest absolute Gasteiger partial charge is 0.465 e. The number of nitrogens with one attached hydrogen (secondary N) is 1. The van der Waals surface area contributed by atoms with Gasteiger partial charge in [-0.3, -0.25) is 4.79 Å². The molecule has 1 aliphatic rings. The lowest BCUT2D eigenvalue weighted by atomic mass is 10.0. The minimum absolute atomic E-state index is 0.0694. The van der Waals surface area contributed by atoms with Crippen LogP contribution < -0.4 is 11.2 Å². The molecule has 0 bridgehead atoms. The second-order valence-corrected chi connectivity index (χ2v) is 8.88. The van der Waals surface area contributed by atoms with Gasteiger partial charge >= 0.3 is 5.97 Å². The van der Waals surface area contributed by atoms with Crippen molar-refractivity contribution in [2.45, 2.75) is 23.9 Å². The van der Waals surface area contributed by atoms with Gasteiger partial charge in [0.1, 0.15) is 10.6 Å². The van der Waals surface area contributed by atoms with E-state index in [1.807, 2.05) is 12.1 Å². The molecule has 0 aliphatic heterocycles. The fourth-order valence-electron chi connectivity index (χ4n) is 2.93. The molecule has 1 aromatic carbocycles. The Balaban J connectivity index is 1.50. The first-order valence-corrected chi connectivity index (χ1v) is 11.3. The molecule has 30 heavy (non-hydrogen) atoms.